The van der Waals surface area contributed by atoms with E-state index in [4.69, 9.17) is 10.2 Å². The molecule has 2 aromatic rings. The van der Waals surface area contributed by atoms with Crippen molar-refractivity contribution in [3.8, 4) is 0 Å². The van der Waals surface area contributed by atoms with Gasteiger partial charge in [0, 0.05) is 24.2 Å². The highest BCUT2D eigenvalue weighted by Gasteiger charge is 2.11. The van der Waals surface area contributed by atoms with Gasteiger partial charge < -0.3 is 15.1 Å². The van der Waals surface area contributed by atoms with Gasteiger partial charge in [-0.25, -0.2) is 8.78 Å². The summed E-state index contributed by atoms with van der Waals surface area (Å²) in [5, 5.41) is 0. The number of aryl methyl sites for hydroxylation is 1. The summed E-state index contributed by atoms with van der Waals surface area (Å²) in [6, 6.07) is 4.97. The zero-order valence-electron chi connectivity index (χ0n) is 12.3. The normalized spacial score (nSPS) is 12.9. The molecule has 0 bridgehead atoms. The fourth-order valence-electron chi connectivity index (χ4n) is 2.26. The van der Waals surface area contributed by atoms with E-state index < -0.39 is 11.6 Å². The molecule has 2 N–H and O–H groups in total. The van der Waals surface area contributed by atoms with E-state index in [9.17, 15) is 8.78 Å². The number of nitrogens with zero attached hydrogens (tertiary/aromatic N) is 1. The van der Waals surface area contributed by atoms with Crippen molar-refractivity contribution in [2.24, 2.45) is 5.73 Å². The Morgan fingerprint density at radius 3 is 2.48 bits per heavy atom. The lowest BCUT2D eigenvalue weighted by atomic mass is 10.0. The zero-order valence-corrected chi connectivity index (χ0v) is 12.3. The highest BCUT2D eigenvalue weighted by Crippen LogP contribution is 2.18. The fraction of sp³-hybridized carbons (Fsp3) is 0.375. The van der Waals surface area contributed by atoms with Gasteiger partial charge in [-0.1, -0.05) is 0 Å². The summed E-state index contributed by atoms with van der Waals surface area (Å²) >= 11 is 0. The van der Waals surface area contributed by atoms with Crippen LogP contribution in [0.5, 0.6) is 0 Å². The third kappa shape index (κ3) is 4.37. The van der Waals surface area contributed by atoms with Crippen LogP contribution in [0.3, 0.4) is 0 Å². The van der Waals surface area contributed by atoms with E-state index in [-0.39, 0.29) is 6.04 Å². The van der Waals surface area contributed by atoms with Crippen molar-refractivity contribution in [2.75, 3.05) is 13.6 Å². The van der Waals surface area contributed by atoms with Crippen molar-refractivity contribution in [2.45, 2.75) is 25.9 Å². The van der Waals surface area contributed by atoms with Crippen LogP contribution in [-0.2, 0) is 6.54 Å². The molecule has 3 nitrogen and oxygen atoms in total. The quantitative estimate of drug-likeness (QED) is 0.888. The predicted octanol–water partition coefficient (Wildman–Crippen LogP) is 3.39. The maximum atomic E-state index is 13.2. The van der Waals surface area contributed by atoms with Gasteiger partial charge in [0.2, 0.25) is 0 Å². The maximum Gasteiger partial charge on any atom is 0.126 e. The van der Waals surface area contributed by atoms with Crippen molar-refractivity contribution in [1.82, 2.24) is 4.90 Å². The van der Waals surface area contributed by atoms with Gasteiger partial charge in [0.15, 0.2) is 0 Å². The first kappa shape index (κ1) is 15.7. The van der Waals surface area contributed by atoms with Gasteiger partial charge in [0.1, 0.15) is 17.4 Å². The standard InChI is InChI=1S/C16H20F2N2O/c1-11-12(4-6-21-11)10-20(2)5-3-16(19)13-7-14(17)9-15(18)8-13/h4,6-9,16H,3,5,10,19H2,1-2H3. The van der Waals surface area contributed by atoms with Crippen molar-refractivity contribution in [1.29, 1.82) is 0 Å². The Morgan fingerprint density at radius 2 is 1.90 bits per heavy atom. The first-order valence-corrected chi connectivity index (χ1v) is 6.89. The minimum absolute atomic E-state index is 0.386. The van der Waals surface area contributed by atoms with Crippen LogP contribution in [0.2, 0.25) is 0 Å². The molecule has 1 unspecified atom stereocenters. The van der Waals surface area contributed by atoms with Crippen molar-refractivity contribution >= 4 is 0 Å². The minimum atomic E-state index is -0.595. The minimum Gasteiger partial charge on any atom is -0.469 e. The molecule has 0 fully saturated rings. The zero-order chi connectivity index (χ0) is 15.4. The average Bonchev–Trinajstić information content (AvgIpc) is 2.80. The van der Waals surface area contributed by atoms with Crippen LogP contribution in [-0.4, -0.2) is 18.5 Å². The summed E-state index contributed by atoms with van der Waals surface area (Å²) in [6.45, 7) is 3.40. The Balaban J connectivity index is 1.88. The molecule has 0 radical (unpaired) electrons. The Kier molecular flexibility index (Phi) is 5.09. The second-order valence-corrected chi connectivity index (χ2v) is 5.34. The number of rotatable bonds is 6. The molecule has 1 heterocycles. The molecule has 0 saturated carbocycles. The van der Waals surface area contributed by atoms with Gasteiger partial charge in [0.25, 0.3) is 0 Å². The van der Waals surface area contributed by atoms with Crippen LogP contribution in [0.4, 0.5) is 8.78 Å². The molecule has 0 aliphatic heterocycles. The van der Waals surface area contributed by atoms with Crippen molar-refractivity contribution < 1.29 is 13.2 Å². The third-order valence-electron chi connectivity index (χ3n) is 3.54. The number of furan rings is 1. The van der Waals surface area contributed by atoms with Crippen LogP contribution in [0.1, 0.15) is 29.3 Å². The van der Waals surface area contributed by atoms with Gasteiger partial charge in [0.05, 0.1) is 6.26 Å². The maximum absolute atomic E-state index is 13.2. The van der Waals surface area contributed by atoms with Gasteiger partial charge in [-0.15, -0.1) is 0 Å². The van der Waals surface area contributed by atoms with Crippen LogP contribution >= 0.6 is 0 Å². The molecule has 0 aliphatic carbocycles. The molecule has 5 heteroatoms. The molecule has 2 rings (SSSR count). The summed E-state index contributed by atoms with van der Waals surface area (Å²) in [5.41, 5.74) is 7.62. The van der Waals surface area contributed by atoms with E-state index in [1.165, 1.54) is 12.1 Å². The Morgan fingerprint density at radius 1 is 1.24 bits per heavy atom. The van der Waals surface area contributed by atoms with Crippen molar-refractivity contribution in [3.63, 3.8) is 0 Å². The molecular weight excluding hydrogens is 274 g/mol. The second-order valence-electron chi connectivity index (χ2n) is 5.34. The molecule has 1 atom stereocenters. The van der Waals surface area contributed by atoms with E-state index >= 15 is 0 Å². The summed E-state index contributed by atoms with van der Waals surface area (Å²) < 4.78 is 31.6. The Hall–Kier alpha value is -1.72. The smallest absolute Gasteiger partial charge is 0.126 e. The van der Waals surface area contributed by atoms with E-state index in [0.29, 0.717) is 12.0 Å². The molecule has 0 saturated heterocycles. The van der Waals surface area contributed by atoms with Gasteiger partial charge in [-0.3, -0.25) is 0 Å². The highest BCUT2D eigenvalue weighted by molar-refractivity contribution is 5.21. The SMILES string of the molecule is Cc1occc1CN(C)CCC(N)c1cc(F)cc(F)c1. The summed E-state index contributed by atoms with van der Waals surface area (Å²) in [4.78, 5) is 2.10. The lowest BCUT2D eigenvalue weighted by molar-refractivity contribution is 0.309. The second kappa shape index (κ2) is 6.83. The Labute approximate surface area is 123 Å². The highest BCUT2D eigenvalue weighted by atomic mass is 19.1. The number of benzene rings is 1. The number of nitrogens with two attached hydrogens (primary N) is 1. The molecule has 0 aliphatic rings. The number of hydrogen-bond donors (Lipinski definition) is 1. The van der Waals surface area contributed by atoms with E-state index in [1.54, 1.807) is 6.26 Å². The lowest BCUT2D eigenvalue weighted by Crippen LogP contribution is -2.23. The molecule has 21 heavy (non-hydrogen) atoms. The molecule has 0 amide bonds. The fourth-order valence-corrected chi connectivity index (χ4v) is 2.26. The van der Waals surface area contributed by atoms with Crippen LogP contribution in [0.25, 0.3) is 0 Å². The van der Waals surface area contributed by atoms with Gasteiger partial charge >= 0.3 is 0 Å². The van der Waals surface area contributed by atoms with Gasteiger partial charge in [-0.05, 0) is 50.7 Å². The number of halogens is 2. The largest absolute Gasteiger partial charge is 0.469 e. The van der Waals surface area contributed by atoms with E-state index in [0.717, 1.165) is 30.5 Å². The molecule has 1 aromatic heterocycles. The molecule has 114 valence electrons. The Bertz CT molecular complexity index is 577. The average molecular weight is 294 g/mol. The summed E-state index contributed by atoms with van der Waals surface area (Å²) in [6.07, 6.45) is 2.29. The van der Waals surface area contributed by atoms with Crippen LogP contribution in [0, 0.1) is 18.6 Å². The first-order valence-electron chi connectivity index (χ1n) is 6.89. The van der Waals surface area contributed by atoms with Crippen LogP contribution in [0.15, 0.2) is 34.9 Å². The predicted molar refractivity (Wildman–Crippen MR) is 77.7 cm³/mol. The lowest BCUT2D eigenvalue weighted by Gasteiger charge is -2.19. The van der Waals surface area contributed by atoms with E-state index in [2.05, 4.69) is 4.90 Å². The first-order chi connectivity index (χ1) is 9.95. The monoisotopic (exact) mass is 294 g/mol. The summed E-state index contributed by atoms with van der Waals surface area (Å²) in [7, 11) is 1.98. The topological polar surface area (TPSA) is 42.4 Å². The van der Waals surface area contributed by atoms with E-state index in [1.807, 2.05) is 20.0 Å². The van der Waals surface area contributed by atoms with Crippen LogP contribution < -0.4 is 5.73 Å². The summed E-state index contributed by atoms with van der Waals surface area (Å²) in [5.74, 6) is -0.288. The third-order valence-corrected chi connectivity index (χ3v) is 3.54. The van der Waals surface area contributed by atoms with Gasteiger partial charge in [-0.2, -0.15) is 0 Å². The number of hydrogen-bond acceptors (Lipinski definition) is 3. The molecule has 1 aromatic carbocycles. The molecular formula is C16H20F2N2O. The van der Waals surface area contributed by atoms with Crippen molar-refractivity contribution in [3.05, 3.63) is 59.1 Å². The molecule has 0 spiro atoms.